The average molecular weight is 244 g/mol. The zero-order chi connectivity index (χ0) is 13.3. The highest BCUT2D eigenvalue weighted by Crippen LogP contribution is 2.22. The van der Waals surface area contributed by atoms with Crippen LogP contribution in [-0.4, -0.2) is 14.8 Å². The van der Waals surface area contributed by atoms with Gasteiger partial charge in [-0.3, -0.25) is 9.67 Å². The van der Waals surface area contributed by atoms with Gasteiger partial charge in [0.2, 0.25) is 0 Å². The van der Waals surface area contributed by atoms with Gasteiger partial charge < -0.3 is 5.73 Å². The molecular weight excluding hydrogens is 224 g/mol. The minimum absolute atomic E-state index is 0.0275. The molecule has 0 spiro atoms. The van der Waals surface area contributed by atoms with E-state index in [2.05, 4.69) is 23.9 Å². The van der Waals surface area contributed by atoms with Crippen molar-refractivity contribution < 1.29 is 0 Å². The average Bonchev–Trinajstić information content (AvgIpc) is 2.56. The van der Waals surface area contributed by atoms with Gasteiger partial charge in [-0.05, 0) is 49.9 Å². The van der Waals surface area contributed by atoms with E-state index in [0.717, 1.165) is 17.7 Å². The predicted molar refractivity (Wildman–Crippen MR) is 72.3 cm³/mol. The van der Waals surface area contributed by atoms with Crippen LogP contribution in [0.15, 0.2) is 18.5 Å². The maximum Gasteiger partial charge on any atom is 0.0629 e. The second-order valence-corrected chi connectivity index (χ2v) is 4.82. The number of nitrogens with two attached hydrogens (primary N) is 1. The Hall–Kier alpha value is -1.68. The molecule has 4 heteroatoms. The van der Waals surface area contributed by atoms with E-state index in [-0.39, 0.29) is 6.04 Å². The Morgan fingerprint density at radius 3 is 2.61 bits per heavy atom. The zero-order valence-electron chi connectivity index (χ0n) is 11.4. The number of hydrogen-bond acceptors (Lipinski definition) is 3. The highest BCUT2D eigenvalue weighted by atomic mass is 15.3. The molecule has 96 valence electrons. The lowest BCUT2D eigenvalue weighted by Crippen LogP contribution is -2.15. The van der Waals surface area contributed by atoms with Crippen molar-refractivity contribution in [3.05, 3.63) is 46.5 Å². The van der Waals surface area contributed by atoms with Crippen LogP contribution in [-0.2, 0) is 13.5 Å². The van der Waals surface area contributed by atoms with Gasteiger partial charge in [-0.25, -0.2) is 0 Å². The molecule has 0 radical (unpaired) electrons. The number of aromatic nitrogens is 3. The summed E-state index contributed by atoms with van der Waals surface area (Å²) in [6, 6.07) is 1.97. The Labute approximate surface area is 108 Å². The molecule has 2 rings (SSSR count). The topological polar surface area (TPSA) is 56.7 Å². The van der Waals surface area contributed by atoms with Crippen LogP contribution in [0.25, 0.3) is 0 Å². The molecule has 1 atom stereocenters. The van der Waals surface area contributed by atoms with Crippen molar-refractivity contribution in [3.63, 3.8) is 0 Å². The van der Waals surface area contributed by atoms with Gasteiger partial charge in [0, 0.05) is 31.2 Å². The molecule has 0 aliphatic carbocycles. The van der Waals surface area contributed by atoms with Crippen LogP contribution in [0.2, 0.25) is 0 Å². The van der Waals surface area contributed by atoms with Crippen LogP contribution >= 0.6 is 0 Å². The lowest BCUT2D eigenvalue weighted by molar-refractivity contribution is 0.700. The van der Waals surface area contributed by atoms with Crippen molar-refractivity contribution in [2.24, 2.45) is 12.8 Å². The minimum atomic E-state index is -0.0275. The predicted octanol–water partition coefficient (Wildman–Crippen LogP) is 1.98. The van der Waals surface area contributed by atoms with Crippen molar-refractivity contribution in [2.75, 3.05) is 0 Å². The smallest absolute Gasteiger partial charge is 0.0629 e. The maximum atomic E-state index is 6.30. The Kier molecular flexibility index (Phi) is 3.48. The van der Waals surface area contributed by atoms with E-state index >= 15 is 0 Å². The van der Waals surface area contributed by atoms with E-state index in [1.807, 2.05) is 30.9 Å². The second kappa shape index (κ2) is 4.90. The van der Waals surface area contributed by atoms with Crippen LogP contribution in [0.5, 0.6) is 0 Å². The molecule has 0 fully saturated rings. The van der Waals surface area contributed by atoms with Gasteiger partial charge in [0.1, 0.15) is 0 Å². The first kappa shape index (κ1) is 12.8. The van der Waals surface area contributed by atoms with Gasteiger partial charge in [0.25, 0.3) is 0 Å². The second-order valence-electron chi connectivity index (χ2n) is 4.82. The van der Waals surface area contributed by atoms with E-state index in [1.54, 1.807) is 6.20 Å². The molecule has 0 amide bonds. The third kappa shape index (κ3) is 2.29. The molecule has 0 bridgehead atoms. The molecule has 1 unspecified atom stereocenters. The third-order valence-electron chi connectivity index (χ3n) is 3.56. The standard InChI is InChI=1S/C14H20N4/c1-9-5-6-16-8-13(9)14(15)7-12-10(2)17-18(4)11(12)3/h5-6,8,14H,7,15H2,1-4H3. The molecule has 0 aliphatic heterocycles. The lowest BCUT2D eigenvalue weighted by atomic mass is 9.97. The summed E-state index contributed by atoms with van der Waals surface area (Å²) in [6.07, 6.45) is 4.46. The molecule has 18 heavy (non-hydrogen) atoms. The summed E-state index contributed by atoms with van der Waals surface area (Å²) in [6.45, 7) is 6.18. The largest absolute Gasteiger partial charge is 0.324 e. The monoisotopic (exact) mass is 244 g/mol. The summed E-state index contributed by atoms with van der Waals surface area (Å²) in [7, 11) is 1.96. The third-order valence-corrected chi connectivity index (χ3v) is 3.56. The quantitative estimate of drug-likeness (QED) is 0.898. The number of nitrogens with zero attached hydrogens (tertiary/aromatic N) is 3. The van der Waals surface area contributed by atoms with Crippen LogP contribution in [0, 0.1) is 20.8 Å². The van der Waals surface area contributed by atoms with Gasteiger partial charge in [0.15, 0.2) is 0 Å². The van der Waals surface area contributed by atoms with Gasteiger partial charge in [0.05, 0.1) is 5.69 Å². The van der Waals surface area contributed by atoms with E-state index in [4.69, 9.17) is 5.73 Å². The molecular formula is C14H20N4. The van der Waals surface area contributed by atoms with Gasteiger partial charge in [-0.15, -0.1) is 0 Å². The first-order valence-electron chi connectivity index (χ1n) is 6.16. The van der Waals surface area contributed by atoms with Crippen molar-refractivity contribution in [3.8, 4) is 0 Å². The SMILES string of the molecule is Cc1ccncc1C(N)Cc1c(C)nn(C)c1C. The molecule has 0 aliphatic rings. The highest BCUT2D eigenvalue weighted by molar-refractivity contribution is 5.30. The number of pyridine rings is 1. The van der Waals surface area contributed by atoms with E-state index in [1.165, 1.54) is 16.8 Å². The lowest BCUT2D eigenvalue weighted by Gasteiger charge is -2.14. The van der Waals surface area contributed by atoms with Gasteiger partial charge >= 0.3 is 0 Å². The van der Waals surface area contributed by atoms with Gasteiger partial charge in [-0.1, -0.05) is 0 Å². The molecule has 2 aromatic rings. The Balaban J connectivity index is 2.27. The summed E-state index contributed by atoms with van der Waals surface area (Å²) in [5, 5.41) is 4.43. The molecule has 0 saturated carbocycles. The highest BCUT2D eigenvalue weighted by Gasteiger charge is 2.15. The molecule has 0 aromatic carbocycles. The number of hydrogen-bond donors (Lipinski definition) is 1. The molecule has 2 heterocycles. The molecule has 2 aromatic heterocycles. The Bertz CT molecular complexity index is 557. The molecule has 0 saturated heterocycles. The summed E-state index contributed by atoms with van der Waals surface area (Å²) >= 11 is 0. The first-order chi connectivity index (χ1) is 8.50. The summed E-state index contributed by atoms with van der Waals surface area (Å²) < 4.78 is 1.91. The van der Waals surface area contributed by atoms with Crippen LogP contribution in [0.4, 0.5) is 0 Å². The first-order valence-corrected chi connectivity index (χ1v) is 6.16. The van der Waals surface area contributed by atoms with E-state index in [9.17, 15) is 0 Å². The maximum absolute atomic E-state index is 6.30. The molecule has 4 nitrogen and oxygen atoms in total. The van der Waals surface area contributed by atoms with Gasteiger partial charge in [-0.2, -0.15) is 5.10 Å². The van der Waals surface area contributed by atoms with Crippen LogP contribution in [0.1, 0.15) is 34.1 Å². The minimum Gasteiger partial charge on any atom is -0.324 e. The Morgan fingerprint density at radius 2 is 2.06 bits per heavy atom. The van der Waals surface area contributed by atoms with Crippen molar-refractivity contribution in [1.29, 1.82) is 0 Å². The van der Waals surface area contributed by atoms with E-state index < -0.39 is 0 Å². The Morgan fingerprint density at radius 1 is 1.33 bits per heavy atom. The van der Waals surface area contributed by atoms with Crippen LogP contribution in [0.3, 0.4) is 0 Å². The van der Waals surface area contributed by atoms with Crippen molar-refractivity contribution >= 4 is 0 Å². The summed E-state index contributed by atoms with van der Waals surface area (Å²) in [4.78, 5) is 4.16. The summed E-state index contributed by atoms with van der Waals surface area (Å²) in [5.41, 5.74) is 12.1. The fourth-order valence-corrected chi connectivity index (χ4v) is 2.31. The van der Waals surface area contributed by atoms with Crippen LogP contribution < -0.4 is 5.73 Å². The number of rotatable bonds is 3. The fraction of sp³-hybridized carbons (Fsp3) is 0.429. The number of aryl methyl sites for hydroxylation is 3. The fourth-order valence-electron chi connectivity index (χ4n) is 2.31. The molecule has 2 N–H and O–H groups in total. The van der Waals surface area contributed by atoms with E-state index in [0.29, 0.717) is 0 Å². The van der Waals surface area contributed by atoms with Crippen molar-refractivity contribution in [2.45, 2.75) is 33.2 Å². The normalized spacial score (nSPS) is 12.7. The zero-order valence-corrected chi connectivity index (χ0v) is 11.4. The van der Waals surface area contributed by atoms with Crippen molar-refractivity contribution in [1.82, 2.24) is 14.8 Å². The summed E-state index contributed by atoms with van der Waals surface area (Å²) in [5.74, 6) is 0.